The average Bonchev–Trinajstić information content (AvgIpc) is 2.89. The predicted octanol–water partition coefficient (Wildman–Crippen LogP) is 4.47. The number of esters is 1. The van der Waals surface area contributed by atoms with Gasteiger partial charge in [0.15, 0.2) is 0 Å². The number of amides is 1. The third kappa shape index (κ3) is 5.54. The fourth-order valence-corrected chi connectivity index (χ4v) is 6.71. The van der Waals surface area contributed by atoms with Crippen LogP contribution < -0.4 is 0 Å². The van der Waals surface area contributed by atoms with Gasteiger partial charge in [0.2, 0.25) is 10.0 Å². The highest BCUT2D eigenvalue weighted by Gasteiger charge is 2.38. The Morgan fingerprint density at radius 3 is 2.45 bits per heavy atom. The van der Waals surface area contributed by atoms with E-state index in [0.717, 1.165) is 0 Å². The van der Waals surface area contributed by atoms with Gasteiger partial charge in [0.1, 0.15) is 22.0 Å². The highest BCUT2D eigenvalue weighted by molar-refractivity contribution is 7.89. The molecule has 38 heavy (non-hydrogen) atoms. The average molecular weight is 577 g/mol. The van der Waals surface area contributed by atoms with Gasteiger partial charge in [-0.25, -0.2) is 23.2 Å². The van der Waals surface area contributed by atoms with E-state index in [1.807, 2.05) is 6.07 Å². The number of carbonyl (C=O) groups excluding carboxylic acids is 2. The second-order valence-electron chi connectivity index (χ2n) is 8.72. The van der Waals surface area contributed by atoms with Gasteiger partial charge in [-0.05, 0) is 39.0 Å². The fourth-order valence-electron chi connectivity index (χ4n) is 4.36. The first-order valence-electron chi connectivity index (χ1n) is 11.9. The third-order valence-corrected chi connectivity index (χ3v) is 8.81. The van der Waals surface area contributed by atoms with Crippen LogP contribution in [0.5, 0.6) is 0 Å². The van der Waals surface area contributed by atoms with E-state index in [-0.39, 0.29) is 52.4 Å². The van der Waals surface area contributed by atoms with Crippen LogP contribution in [0, 0.1) is 6.92 Å². The summed E-state index contributed by atoms with van der Waals surface area (Å²) in [6.07, 6.45) is 0. The van der Waals surface area contributed by atoms with Gasteiger partial charge in [0.05, 0.1) is 17.3 Å². The van der Waals surface area contributed by atoms with E-state index in [9.17, 15) is 18.0 Å². The number of rotatable bonds is 6. The Morgan fingerprint density at radius 1 is 1.08 bits per heavy atom. The van der Waals surface area contributed by atoms with Crippen LogP contribution in [0.1, 0.15) is 40.5 Å². The molecule has 0 aliphatic carbocycles. The highest BCUT2D eigenvalue weighted by atomic mass is 35.5. The maximum Gasteiger partial charge on any atom is 0.342 e. The van der Waals surface area contributed by atoms with Crippen LogP contribution in [-0.4, -0.2) is 71.8 Å². The molecule has 0 saturated carbocycles. The molecule has 0 N–H and O–H groups in total. The van der Waals surface area contributed by atoms with Gasteiger partial charge >= 0.3 is 5.97 Å². The van der Waals surface area contributed by atoms with Crippen molar-refractivity contribution in [2.24, 2.45) is 0 Å². The normalized spacial score (nSPS) is 16.3. The van der Waals surface area contributed by atoms with Crippen molar-refractivity contribution in [2.75, 3.05) is 26.2 Å². The van der Waals surface area contributed by atoms with Crippen molar-refractivity contribution in [1.82, 2.24) is 19.2 Å². The van der Waals surface area contributed by atoms with Gasteiger partial charge in [-0.15, -0.1) is 0 Å². The number of halogens is 2. The molecule has 200 valence electrons. The number of aryl methyl sites for hydroxylation is 1. The van der Waals surface area contributed by atoms with Crippen LogP contribution in [0.15, 0.2) is 53.4 Å². The maximum atomic E-state index is 13.8. The lowest BCUT2D eigenvalue weighted by molar-refractivity contribution is 0.0511. The van der Waals surface area contributed by atoms with E-state index in [0.29, 0.717) is 17.1 Å². The summed E-state index contributed by atoms with van der Waals surface area (Å²) in [5.41, 5.74) is 0.820. The minimum atomic E-state index is -3.98. The molecule has 12 heteroatoms. The molecule has 1 aromatic heterocycles. The largest absolute Gasteiger partial charge is 0.462 e. The Morgan fingerprint density at radius 2 is 1.79 bits per heavy atom. The smallest absolute Gasteiger partial charge is 0.342 e. The van der Waals surface area contributed by atoms with Crippen LogP contribution in [0.4, 0.5) is 0 Å². The number of ether oxygens (including phenoxy) is 1. The fraction of sp³-hybridized carbons (Fsp3) is 0.308. The molecule has 2 aromatic carbocycles. The zero-order chi connectivity index (χ0) is 27.6. The van der Waals surface area contributed by atoms with Crippen molar-refractivity contribution in [2.45, 2.75) is 31.7 Å². The summed E-state index contributed by atoms with van der Waals surface area (Å²) in [7, 11) is -3.98. The van der Waals surface area contributed by atoms with E-state index < -0.39 is 27.9 Å². The van der Waals surface area contributed by atoms with Crippen LogP contribution in [0.2, 0.25) is 10.0 Å². The van der Waals surface area contributed by atoms with Gasteiger partial charge in [-0.3, -0.25) is 4.79 Å². The first-order chi connectivity index (χ1) is 18.0. The second-order valence-corrected chi connectivity index (χ2v) is 11.4. The highest BCUT2D eigenvalue weighted by Crippen LogP contribution is 2.31. The number of carbonyl (C=O) groups is 2. The van der Waals surface area contributed by atoms with E-state index in [1.54, 1.807) is 45.0 Å². The molecule has 0 radical (unpaired) electrons. The first-order valence-corrected chi connectivity index (χ1v) is 14.1. The molecule has 4 rings (SSSR count). The molecule has 0 bridgehead atoms. The van der Waals surface area contributed by atoms with Crippen molar-refractivity contribution in [1.29, 1.82) is 0 Å². The number of sulfonamides is 1. The lowest BCUT2D eigenvalue weighted by atomic mass is 10.0. The summed E-state index contributed by atoms with van der Waals surface area (Å²) in [5, 5.41) is 0.304. The molecule has 9 nitrogen and oxygen atoms in total. The summed E-state index contributed by atoms with van der Waals surface area (Å²) in [4.78, 5) is 37.0. The number of benzene rings is 2. The summed E-state index contributed by atoms with van der Waals surface area (Å²) in [6, 6.07) is 12.7. The zero-order valence-corrected chi connectivity index (χ0v) is 23.3. The van der Waals surface area contributed by atoms with Gasteiger partial charge in [0, 0.05) is 36.3 Å². The van der Waals surface area contributed by atoms with E-state index >= 15 is 0 Å². The second kappa shape index (κ2) is 11.4. The molecule has 1 atom stereocenters. The van der Waals surface area contributed by atoms with Gasteiger partial charge in [-0.2, -0.15) is 4.31 Å². The van der Waals surface area contributed by atoms with Crippen LogP contribution in [-0.2, 0) is 14.8 Å². The number of hydrogen-bond donors (Lipinski definition) is 0. The molecule has 3 aromatic rings. The van der Waals surface area contributed by atoms with Crippen molar-refractivity contribution in [3.05, 3.63) is 75.7 Å². The molecular weight excluding hydrogens is 551 g/mol. The standard InChI is InChI=1S/C26H26Cl2N4O5S/c1-4-37-26(34)22-23(18-8-6-5-7-9-18)29-17(3)30-24(22)25(33)31-12-13-32(16(2)15-31)38(35,36)21-14-19(27)10-11-20(21)28/h5-11,14,16H,4,12-13,15H2,1-3H3. The van der Waals surface area contributed by atoms with Gasteiger partial charge in [-0.1, -0.05) is 53.5 Å². The van der Waals surface area contributed by atoms with Crippen molar-refractivity contribution < 1.29 is 22.7 Å². The molecule has 1 amide bonds. The van der Waals surface area contributed by atoms with Crippen molar-refractivity contribution in [3.63, 3.8) is 0 Å². The minimum absolute atomic E-state index is 0.0163. The van der Waals surface area contributed by atoms with Crippen molar-refractivity contribution in [3.8, 4) is 11.3 Å². The maximum absolute atomic E-state index is 13.8. The summed E-state index contributed by atoms with van der Waals surface area (Å²) >= 11 is 12.2. The first kappa shape index (κ1) is 28.0. The Balaban J connectivity index is 1.68. The van der Waals surface area contributed by atoms with E-state index in [2.05, 4.69) is 9.97 Å². The summed E-state index contributed by atoms with van der Waals surface area (Å²) < 4.78 is 33.3. The number of nitrogens with zero attached hydrogens (tertiary/aromatic N) is 4. The monoisotopic (exact) mass is 576 g/mol. The SMILES string of the molecule is CCOC(=O)c1c(C(=O)N2CCN(S(=O)(=O)c3cc(Cl)ccc3Cl)C(C)C2)nc(C)nc1-c1ccccc1. The molecule has 1 aliphatic heterocycles. The Kier molecular flexibility index (Phi) is 8.37. The summed E-state index contributed by atoms with van der Waals surface area (Å²) in [5.74, 6) is -0.912. The Labute approximate surface area is 231 Å². The molecule has 0 spiro atoms. The molecule has 1 fully saturated rings. The van der Waals surface area contributed by atoms with E-state index in [4.69, 9.17) is 27.9 Å². The lowest BCUT2D eigenvalue weighted by Gasteiger charge is -2.39. The minimum Gasteiger partial charge on any atom is -0.462 e. The third-order valence-electron chi connectivity index (χ3n) is 6.08. The molecular formula is C26H26Cl2N4O5S. The molecule has 2 heterocycles. The van der Waals surface area contributed by atoms with Crippen LogP contribution in [0.25, 0.3) is 11.3 Å². The zero-order valence-electron chi connectivity index (χ0n) is 21.0. The lowest BCUT2D eigenvalue weighted by Crippen LogP contribution is -2.55. The number of hydrogen-bond acceptors (Lipinski definition) is 7. The van der Waals surface area contributed by atoms with Gasteiger partial charge in [0.25, 0.3) is 5.91 Å². The van der Waals surface area contributed by atoms with Gasteiger partial charge < -0.3 is 9.64 Å². The van der Waals surface area contributed by atoms with Crippen LogP contribution >= 0.6 is 23.2 Å². The Hall–Kier alpha value is -3.05. The van der Waals surface area contributed by atoms with Crippen molar-refractivity contribution >= 4 is 45.1 Å². The van der Waals surface area contributed by atoms with E-state index in [1.165, 1.54) is 27.4 Å². The quantitative estimate of drug-likeness (QED) is 0.398. The number of aromatic nitrogens is 2. The Bertz CT molecular complexity index is 1480. The van der Waals surface area contributed by atoms with Crippen LogP contribution in [0.3, 0.4) is 0 Å². The molecule has 1 aliphatic rings. The molecule has 1 unspecified atom stereocenters. The number of piperazine rings is 1. The molecule has 1 saturated heterocycles. The summed E-state index contributed by atoms with van der Waals surface area (Å²) in [6.45, 7) is 5.28. The predicted molar refractivity (Wildman–Crippen MR) is 144 cm³/mol. The topological polar surface area (TPSA) is 110 Å².